The predicted molar refractivity (Wildman–Crippen MR) is 120 cm³/mol. The molecule has 31 heavy (non-hydrogen) atoms. The summed E-state index contributed by atoms with van der Waals surface area (Å²) in [5, 5.41) is 11.6. The molecule has 2 amide bonds. The van der Waals surface area contributed by atoms with Crippen LogP contribution in [0, 0.1) is 11.3 Å². The van der Waals surface area contributed by atoms with Crippen molar-refractivity contribution in [2.24, 2.45) is 5.73 Å². The number of nitrogens with two attached hydrogens (primary N) is 1. The highest BCUT2D eigenvalue weighted by molar-refractivity contribution is 5.87. The first-order valence-corrected chi connectivity index (χ1v) is 10.2. The second kappa shape index (κ2) is 10.2. The molecule has 0 spiro atoms. The molecule has 156 valence electrons. The van der Waals surface area contributed by atoms with Crippen LogP contribution < -0.4 is 11.1 Å². The number of amides is 2. The van der Waals surface area contributed by atoms with Gasteiger partial charge in [0, 0.05) is 12.8 Å². The van der Waals surface area contributed by atoms with Gasteiger partial charge in [-0.2, -0.15) is 5.26 Å². The molecule has 0 bridgehead atoms. The lowest BCUT2D eigenvalue weighted by Gasteiger charge is -2.36. The number of nitrogens with zero attached hydrogens (tertiary/aromatic N) is 1. The fraction of sp³-hybridized carbons (Fsp3) is 0.192. The molecular formula is C26H25N3O2. The van der Waals surface area contributed by atoms with Crippen LogP contribution in [0.2, 0.25) is 0 Å². The average Bonchev–Trinajstić information content (AvgIpc) is 2.81. The lowest BCUT2D eigenvalue weighted by Crippen LogP contribution is -2.46. The maximum absolute atomic E-state index is 13.3. The van der Waals surface area contributed by atoms with E-state index in [1.165, 1.54) is 0 Å². The zero-order valence-corrected chi connectivity index (χ0v) is 17.2. The summed E-state index contributed by atoms with van der Waals surface area (Å²) in [6.45, 7) is 0. The Morgan fingerprint density at radius 2 is 1.26 bits per heavy atom. The molecule has 0 fully saturated rings. The minimum absolute atomic E-state index is 0.0847. The number of carbonyl (C=O) groups is 2. The molecule has 0 radical (unpaired) electrons. The molecule has 0 aliphatic rings. The van der Waals surface area contributed by atoms with Crippen LogP contribution in [-0.2, 0) is 15.0 Å². The number of nitriles is 1. The maximum Gasteiger partial charge on any atom is 0.240 e. The molecule has 3 aromatic carbocycles. The van der Waals surface area contributed by atoms with Gasteiger partial charge < -0.3 is 11.1 Å². The van der Waals surface area contributed by atoms with Crippen molar-refractivity contribution in [3.63, 3.8) is 0 Å². The quantitative estimate of drug-likeness (QED) is 0.526. The molecule has 0 unspecified atom stereocenters. The lowest BCUT2D eigenvalue weighted by atomic mass is 9.67. The summed E-state index contributed by atoms with van der Waals surface area (Å²) in [6, 6.07) is 30.7. The van der Waals surface area contributed by atoms with Crippen molar-refractivity contribution in [3.8, 4) is 6.07 Å². The molecule has 0 aliphatic carbocycles. The second-order valence-electron chi connectivity index (χ2n) is 7.40. The van der Waals surface area contributed by atoms with Crippen molar-refractivity contribution in [1.29, 1.82) is 5.26 Å². The number of rotatable bonds is 9. The molecule has 3 aromatic rings. The third-order valence-electron chi connectivity index (χ3n) is 5.45. The smallest absolute Gasteiger partial charge is 0.240 e. The van der Waals surface area contributed by atoms with Crippen molar-refractivity contribution in [2.45, 2.75) is 30.7 Å². The van der Waals surface area contributed by atoms with Gasteiger partial charge in [-0.05, 0) is 23.1 Å². The SMILES string of the molecule is N#CCC[C@H](NC(=O)CC(c1ccccc1)(c1ccccc1)c1ccccc1)C(N)=O. The Kier molecular flexibility index (Phi) is 7.18. The van der Waals surface area contributed by atoms with Gasteiger partial charge in [0.15, 0.2) is 0 Å². The van der Waals surface area contributed by atoms with Crippen LogP contribution in [-0.4, -0.2) is 17.9 Å². The van der Waals surface area contributed by atoms with Crippen molar-refractivity contribution in [3.05, 3.63) is 108 Å². The summed E-state index contributed by atoms with van der Waals surface area (Å²) in [5.41, 5.74) is 7.60. The first kappa shape index (κ1) is 21.8. The van der Waals surface area contributed by atoms with E-state index in [2.05, 4.69) is 5.32 Å². The van der Waals surface area contributed by atoms with Crippen LogP contribution in [0.1, 0.15) is 36.0 Å². The van der Waals surface area contributed by atoms with Gasteiger partial charge in [0.1, 0.15) is 6.04 Å². The molecule has 3 N–H and O–H groups in total. The van der Waals surface area contributed by atoms with Crippen LogP contribution in [0.3, 0.4) is 0 Å². The van der Waals surface area contributed by atoms with Crippen LogP contribution in [0.15, 0.2) is 91.0 Å². The predicted octanol–water partition coefficient (Wildman–Crippen LogP) is 3.68. The number of carbonyl (C=O) groups excluding carboxylic acids is 2. The molecule has 0 heterocycles. The molecule has 0 saturated heterocycles. The van der Waals surface area contributed by atoms with Gasteiger partial charge in [-0.25, -0.2) is 0 Å². The molecule has 0 aliphatic heterocycles. The maximum atomic E-state index is 13.3. The van der Waals surface area contributed by atoms with E-state index in [4.69, 9.17) is 11.0 Å². The van der Waals surface area contributed by atoms with Gasteiger partial charge in [0.2, 0.25) is 11.8 Å². The van der Waals surface area contributed by atoms with Crippen molar-refractivity contribution >= 4 is 11.8 Å². The zero-order valence-electron chi connectivity index (χ0n) is 17.2. The van der Waals surface area contributed by atoms with Gasteiger partial charge in [-0.1, -0.05) is 91.0 Å². The molecule has 0 aromatic heterocycles. The molecule has 5 nitrogen and oxygen atoms in total. The number of benzene rings is 3. The van der Waals surface area contributed by atoms with E-state index in [1.54, 1.807) is 0 Å². The fourth-order valence-corrected chi connectivity index (χ4v) is 3.95. The monoisotopic (exact) mass is 411 g/mol. The van der Waals surface area contributed by atoms with Crippen LogP contribution >= 0.6 is 0 Å². The van der Waals surface area contributed by atoms with Crippen LogP contribution in [0.5, 0.6) is 0 Å². The van der Waals surface area contributed by atoms with E-state index in [0.29, 0.717) is 0 Å². The van der Waals surface area contributed by atoms with Crippen LogP contribution in [0.4, 0.5) is 0 Å². The number of primary amides is 1. The van der Waals surface area contributed by atoms with E-state index in [0.717, 1.165) is 16.7 Å². The van der Waals surface area contributed by atoms with Gasteiger partial charge >= 0.3 is 0 Å². The molecular weight excluding hydrogens is 386 g/mol. The van der Waals surface area contributed by atoms with Crippen molar-refractivity contribution in [1.82, 2.24) is 5.32 Å². The Hall–Kier alpha value is -3.91. The molecule has 3 rings (SSSR count). The summed E-state index contributed by atoms with van der Waals surface area (Å²) in [4.78, 5) is 25.1. The summed E-state index contributed by atoms with van der Waals surface area (Å²) < 4.78 is 0. The number of hydrogen-bond acceptors (Lipinski definition) is 3. The third-order valence-corrected chi connectivity index (χ3v) is 5.45. The highest BCUT2D eigenvalue weighted by atomic mass is 16.2. The Bertz CT molecular complexity index is 948. The van der Waals surface area contributed by atoms with Crippen molar-refractivity contribution < 1.29 is 9.59 Å². The lowest BCUT2D eigenvalue weighted by molar-refractivity contribution is -0.127. The summed E-state index contributed by atoms with van der Waals surface area (Å²) in [7, 11) is 0. The Balaban J connectivity index is 2.09. The van der Waals surface area contributed by atoms with Gasteiger partial charge in [0.05, 0.1) is 11.5 Å². The highest BCUT2D eigenvalue weighted by Crippen LogP contribution is 2.42. The molecule has 5 heteroatoms. The van der Waals surface area contributed by atoms with Gasteiger partial charge in [-0.15, -0.1) is 0 Å². The summed E-state index contributed by atoms with van der Waals surface area (Å²) in [6.07, 6.45) is 0.406. The first-order chi connectivity index (χ1) is 15.1. The largest absolute Gasteiger partial charge is 0.368 e. The number of nitrogens with one attached hydrogen (secondary N) is 1. The highest BCUT2D eigenvalue weighted by Gasteiger charge is 2.39. The minimum Gasteiger partial charge on any atom is -0.368 e. The average molecular weight is 412 g/mol. The van der Waals surface area contributed by atoms with E-state index in [-0.39, 0.29) is 25.2 Å². The van der Waals surface area contributed by atoms with E-state index >= 15 is 0 Å². The third kappa shape index (κ3) is 4.99. The van der Waals surface area contributed by atoms with Gasteiger partial charge in [0.25, 0.3) is 0 Å². The number of hydrogen-bond donors (Lipinski definition) is 2. The first-order valence-electron chi connectivity index (χ1n) is 10.2. The van der Waals surface area contributed by atoms with E-state index in [1.807, 2.05) is 97.1 Å². The summed E-state index contributed by atoms with van der Waals surface area (Å²) >= 11 is 0. The van der Waals surface area contributed by atoms with E-state index < -0.39 is 17.4 Å². The zero-order chi connectivity index (χ0) is 22.1. The van der Waals surface area contributed by atoms with Crippen LogP contribution in [0.25, 0.3) is 0 Å². The van der Waals surface area contributed by atoms with Crippen molar-refractivity contribution in [2.75, 3.05) is 0 Å². The standard InChI is InChI=1S/C26H25N3O2/c27-18-10-17-23(25(28)31)29-24(30)19-26(20-11-4-1-5-12-20,21-13-6-2-7-14-21)22-15-8-3-9-16-22/h1-9,11-16,23H,10,17,19H2,(H2,28,31)(H,29,30)/t23-/m0/s1. The Morgan fingerprint density at radius 1 is 0.839 bits per heavy atom. The fourth-order valence-electron chi connectivity index (χ4n) is 3.95. The van der Waals surface area contributed by atoms with Gasteiger partial charge in [-0.3, -0.25) is 9.59 Å². The minimum atomic E-state index is -0.882. The summed E-state index contributed by atoms with van der Waals surface area (Å²) in [5.74, 6) is -0.952. The second-order valence-corrected chi connectivity index (χ2v) is 7.40. The van der Waals surface area contributed by atoms with E-state index in [9.17, 15) is 9.59 Å². The Labute approximate surface area is 182 Å². The topological polar surface area (TPSA) is 96.0 Å². The molecule has 1 atom stereocenters. The Morgan fingerprint density at radius 3 is 1.61 bits per heavy atom. The molecule has 0 saturated carbocycles. The normalized spacial score (nSPS) is 11.8.